The highest BCUT2D eigenvalue weighted by Crippen LogP contribution is 2.40. The van der Waals surface area contributed by atoms with Crippen molar-refractivity contribution < 1.29 is 19.0 Å². The lowest BCUT2D eigenvalue weighted by Gasteiger charge is -2.32. The summed E-state index contributed by atoms with van der Waals surface area (Å²) in [6.45, 7) is 1.56. The molecular weight excluding hydrogens is 420 g/mol. The molecule has 1 fully saturated rings. The number of carbonyl (C=O) groups is 1. The highest BCUT2D eigenvalue weighted by Gasteiger charge is 2.27. The first-order valence-corrected chi connectivity index (χ1v) is 10.7. The molecule has 2 N–H and O–H groups in total. The van der Waals surface area contributed by atoms with Crippen LogP contribution in [0.2, 0.25) is 5.02 Å². The number of carbonyl (C=O) groups excluding carboxylic acids is 1. The van der Waals surface area contributed by atoms with Crippen LogP contribution in [0.4, 0.5) is 11.6 Å². The minimum atomic E-state index is -0.00422. The molecule has 2 aromatic rings. The molecule has 0 radical (unpaired) electrons. The molecule has 9 heteroatoms. The van der Waals surface area contributed by atoms with E-state index in [0.29, 0.717) is 46.2 Å². The molecule has 31 heavy (non-hydrogen) atoms. The van der Waals surface area contributed by atoms with E-state index in [-0.39, 0.29) is 11.9 Å². The van der Waals surface area contributed by atoms with Crippen molar-refractivity contribution in [3.63, 3.8) is 0 Å². The molecule has 1 aromatic carbocycles. The van der Waals surface area contributed by atoms with Crippen molar-refractivity contribution in [2.24, 2.45) is 5.92 Å². The number of anilines is 2. The summed E-state index contributed by atoms with van der Waals surface area (Å²) in [5, 5.41) is 6.78. The number of benzene rings is 1. The number of nitrogens with one attached hydrogen (secondary N) is 2. The summed E-state index contributed by atoms with van der Waals surface area (Å²) < 4.78 is 16.2. The molecule has 0 aliphatic heterocycles. The fraction of sp³-hybridized carbons (Fsp3) is 0.500. The molecule has 1 amide bonds. The third-order valence-corrected chi connectivity index (χ3v) is 5.81. The average molecular weight is 449 g/mol. The van der Waals surface area contributed by atoms with Crippen molar-refractivity contribution in [3.8, 4) is 17.2 Å². The molecule has 0 saturated heterocycles. The monoisotopic (exact) mass is 448 g/mol. The average Bonchev–Trinajstić information content (AvgIpc) is 2.76. The van der Waals surface area contributed by atoms with Crippen molar-refractivity contribution in [2.75, 3.05) is 26.6 Å². The number of hydrogen-bond acceptors (Lipinski definition) is 7. The van der Waals surface area contributed by atoms with Crippen molar-refractivity contribution in [1.82, 2.24) is 15.3 Å². The van der Waals surface area contributed by atoms with Crippen molar-refractivity contribution in [2.45, 2.75) is 45.1 Å². The SMILES string of the molecule is COc1cc(Nc2ncc(Cl)c(C[C@@H]3CCCC[C@H]3NC(C)=O)n2)cc(OC)c1OC. The summed E-state index contributed by atoms with van der Waals surface area (Å²) in [7, 11) is 4.68. The van der Waals surface area contributed by atoms with Crippen LogP contribution in [0.15, 0.2) is 18.3 Å². The molecule has 0 spiro atoms. The molecule has 8 nitrogen and oxygen atoms in total. The Kier molecular flexibility index (Phi) is 7.79. The van der Waals surface area contributed by atoms with Gasteiger partial charge in [-0.15, -0.1) is 0 Å². The van der Waals surface area contributed by atoms with Gasteiger partial charge >= 0.3 is 0 Å². The minimum Gasteiger partial charge on any atom is -0.493 e. The maximum Gasteiger partial charge on any atom is 0.227 e. The summed E-state index contributed by atoms with van der Waals surface area (Å²) in [4.78, 5) is 20.5. The summed E-state index contributed by atoms with van der Waals surface area (Å²) >= 11 is 6.41. The Balaban J connectivity index is 1.82. The van der Waals surface area contributed by atoms with E-state index >= 15 is 0 Å². The Morgan fingerprint density at radius 2 is 1.81 bits per heavy atom. The predicted octanol–water partition coefficient (Wildman–Crippen LogP) is 4.14. The van der Waals surface area contributed by atoms with E-state index in [2.05, 4.69) is 20.6 Å². The summed E-state index contributed by atoms with van der Waals surface area (Å²) in [6.07, 6.45) is 6.54. The molecule has 1 heterocycles. The Bertz CT molecular complexity index is 899. The molecule has 1 aliphatic carbocycles. The van der Waals surface area contributed by atoms with Gasteiger partial charge in [0.05, 0.1) is 38.2 Å². The van der Waals surface area contributed by atoms with Crippen LogP contribution in [-0.2, 0) is 11.2 Å². The van der Waals surface area contributed by atoms with Crippen LogP contribution >= 0.6 is 11.6 Å². The highest BCUT2D eigenvalue weighted by atomic mass is 35.5. The van der Waals surface area contributed by atoms with Gasteiger partial charge in [0.15, 0.2) is 11.5 Å². The van der Waals surface area contributed by atoms with Crippen molar-refractivity contribution in [3.05, 3.63) is 29.0 Å². The van der Waals surface area contributed by atoms with Crippen LogP contribution in [0.3, 0.4) is 0 Å². The van der Waals surface area contributed by atoms with E-state index < -0.39 is 0 Å². The lowest BCUT2D eigenvalue weighted by molar-refractivity contribution is -0.120. The Morgan fingerprint density at radius 1 is 1.13 bits per heavy atom. The zero-order chi connectivity index (χ0) is 22.4. The molecule has 1 aromatic heterocycles. The zero-order valence-electron chi connectivity index (χ0n) is 18.3. The zero-order valence-corrected chi connectivity index (χ0v) is 19.1. The second kappa shape index (κ2) is 10.5. The van der Waals surface area contributed by atoms with Gasteiger partial charge in [0.2, 0.25) is 17.6 Å². The number of halogens is 1. The fourth-order valence-electron chi connectivity index (χ4n) is 4.04. The van der Waals surface area contributed by atoms with Gasteiger partial charge in [0, 0.05) is 30.8 Å². The van der Waals surface area contributed by atoms with Crippen LogP contribution in [0, 0.1) is 5.92 Å². The van der Waals surface area contributed by atoms with Crippen molar-refractivity contribution in [1.29, 1.82) is 0 Å². The van der Waals surface area contributed by atoms with E-state index in [0.717, 1.165) is 31.4 Å². The van der Waals surface area contributed by atoms with Gasteiger partial charge in [-0.1, -0.05) is 24.4 Å². The van der Waals surface area contributed by atoms with Crippen molar-refractivity contribution >= 4 is 29.1 Å². The van der Waals surface area contributed by atoms with Gasteiger partial charge in [0.25, 0.3) is 0 Å². The Labute approximate surface area is 187 Å². The van der Waals surface area contributed by atoms with Crippen LogP contribution in [0.1, 0.15) is 38.3 Å². The van der Waals surface area contributed by atoms with E-state index in [9.17, 15) is 4.79 Å². The molecule has 1 aliphatic rings. The van der Waals surface area contributed by atoms with Crippen LogP contribution < -0.4 is 24.8 Å². The molecule has 2 atom stereocenters. The number of amides is 1. The smallest absolute Gasteiger partial charge is 0.227 e. The largest absolute Gasteiger partial charge is 0.493 e. The van der Waals surface area contributed by atoms with E-state index in [1.54, 1.807) is 46.6 Å². The Hall–Kier alpha value is -2.74. The number of hydrogen-bond donors (Lipinski definition) is 2. The van der Waals surface area contributed by atoms with Gasteiger partial charge in [0.1, 0.15) is 0 Å². The van der Waals surface area contributed by atoms with E-state index in [4.69, 9.17) is 25.8 Å². The summed E-state index contributed by atoms with van der Waals surface area (Å²) in [6, 6.07) is 3.71. The maximum atomic E-state index is 11.6. The number of nitrogens with zero attached hydrogens (tertiary/aromatic N) is 2. The van der Waals surface area contributed by atoms with Crippen LogP contribution in [0.25, 0.3) is 0 Å². The first-order valence-electron chi connectivity index (χ1n) is 10.3. The summed E-state index contributed by atoms with van der Waals surface area (Å²) in [5.41, 5.74) is 1.45. The number of methoxy groups -OCH3 is 3. The number of ether oxygens (including phenoxy) is 3. The normalized spacial score (nSPS) is 18.2. The molecule has 168 valence electrons. The van der Waals surface area contributed by atoms with Gasteiger partial charge in [-0.2, -0.15) is 0 Å². The second-order valence-electron chi connectivity index (χ2n) is 7.58. The fourth-order valence-corrected chi connectivity index (χ4v) is 4.21. The molecule has 0 bridgehead atoms. The second-order valence-corrected chi connectivity index (χ2v) is 7.99. The van der Waals surface area contributed by atoms with E-state index in [1.165, 1.54) is 0 Å². The van der Waals surface area contributed by atoms with Gasteiger partial charge in [-0.3, -0.25) is 4.79 Å². The standard InChI is InChI=1S/C22H29ClN4O4/c1-13(28)25-17-8-6-5-7-14(17)9-18-16(23)12-24-22(27-18)26-15-10-19(29-2)21(31-4)20(11-15)30-3/h10-12,14,17H,5-9H2,1-4H3,(H,25,28)(H,24,26,27)/t14-,17+/m0/s1. The minimum absolute atomic E-state index is 0.00422. The third-order valence-electron chi connectivity index (χ3n) is 5.49. The van der Waals surface area contributed by atoms with Gasteiger partial charge in [-0.05, 0) is 25.2 Å². The topological polar surface area (TPSA) is 94.6 Å². The van der Waals surface area contributed by atoms with Crippen LogP contribution in [0.5, 0.6) is 17.2 Å². The number of aromatic nitrogens is 2. The first-order chi connectivity index (χ1) is 14.9. The quantitative estimate of drug-likeness (QED) is 0.626. The lowest BCUT2D eigenvalue weighted by atomic mass is 9.81. The van der Waals surface area contributed by atoms with Gasteiger partial charge in [-0.25, -0.2) is 9.97 Å². The Morgan fingerprint density at radius 3 is 2.42 bits per heavy atom. The molecule has 1 saturated carbocycles. The highest BCUT2D eigenvalue weighted by molar-refractivity contribution is 6.31. The van der Waals surface area contributed by atoms with Crippen LogP contribution in [-0.4, -0.2) is 43.2 Å². The summed E-state index contributed by atoms with van der Waals surface area (Å²) in [5.74, 6) is 2.27. The predicted molar refractivity (Wildman–Crippen MR) is 120 cm³/mol. The lowest BCUT2D eigenvalue weighted by Crippen LogP contribution is -2.42. The van der Waals surface area contributed by atoms with Gasteiger partial charge < -0.3 is 24.8 Å². The molecule has 3 rings (SSSR count). The van der Waals surface area contributed by atoms with E-state index in [1.807, 2.05) is 0 Å². The molecule has 0 unspecified atom stereocenters. The molecular formula is C22H29ClN4O4. The number of rotatable bonds is 8. The maximum absolute atomic E-state index is 11.6. The first kappa shape index (κ1) is 22.9. The third kappa shape index (κ3) is 5.70.